The van der Waals surface area contributed by atoms with Crippen LogP contribution in [-0.2, 0) is 9.47 Å². The molecule has 4 N–H and O–H groups in total. The first-order chi connectivity index (χ1) is 10.2. The lowest BCUT2D eigenvalue weighted by atomic mass is 9.45. The van der Waals surface area contributed by atoms with Gasteiger partial charge in [-0.3, -0.25) is 0 Å². The van der Waals surface area contributed by atoms with E-state index in [4.69, 9.17) is 9.47 Å². The summed E-state index contributed by atoms with van der Waals surface area (Å²) in [7, 11) is 0. The van der Waals surface area contributed by atoms with E-state index in [9.17, 15) is 20.4 Å². The summed E-state index contributed by atoms with van der Waals surface area (Å²) in [5, 5.41) is 44.1. The van der Waals surface area contributed by atoms with Gasteiger partial charge in [0.2, 0.25) is 0 Å². The quantitative estimate of drug-likeness (QED) is 0.442. The lowest BCUT2D eigenvalue weighted by Crippen LogP contribution is -2.68. The molecule has 6 saturated carbocycles. The Hall–Kier alpha value is -0.240. The molecular weight excluding hydrogens is 288 g/mol. The van der Waals surface area contributed by atoms with Crippen LogP contribution in [0.25, 0.3) is 0 Å². The minimum atomic E-state index is -1.44. The Balaban J connectivity index is 1.67. The van der Waals surface area contributed by atoms with Crippen molar-refractivity contribution < 1.29 is 29.9 Å². The highest BCUT2D eigenvalue weighted by molar-refractivity contribution is 5.49. The first-order valence-corrected chi connectivity index (χ1v) is 8.41. The third kappa shape index (κ3) is 0.634. The van der Waals surface area contributed by atoms with E-state index < -0.39 is 34.6 Å². The van der Waals surface area contributed by atoms with Gasteiger partial charge in [-0.1, -0.05) is 0 Å². The monoisotopic (exact) mass is 308 g/mol. The van der Waals surface area contributed by atoms with Gasteiger partial charge >= 0.3 is 0 Å². The highest BCUT2D eigenvalue weighted by atomic mass is 16.7. The van der Waals surface area contributed by atoms with Crippen LogP contribution in [0, 0.1) is 46.3 Å². The fourth-order valence-corrected chi connectivity index (χ4v) is 9.97. The van der Waals surface area contributed by atoms with E-state index in [0.29, 0.717) is 0 Å². The van der Waals surface area contributed by atoms with Crippen molar-refractivity contribution in [3.63, 3.8) is 0 Å². The van der Waals surface area contributed by atoms with E-state index >= 15 is 0 Å². The second-order valence-corrected chi connectivity index (χ2v) is 9.11. The molecule has 6 heteroatoms. The highest BCUT2D eigenvalue weighted by Gasteiger charge is 3.06. The van der Waals surface area contributed by atoms with Crippen molar-refractivity contribution in [3.05, 3.63) is 0 Å². The van der Waals surface area contributed by atoms with Gasteiger partial charge in [0.05, 0.1) is 24.4 Å². The molecule has 22 heavy (non-hydrogen) atoms. The maximum absolute atomic E-state index is 11.2. The summed E-state index contributed by atoms with van der Waals surface area (Å²) in [6.45, 7) is 3.33. The summed E-state index contributed by atoms with van der Waals surface area (Å²) in [4.78, 5) is 0. The van der Waals surface area contributed by atoms with Crippen molar-refractivity contribution in [3.8, 4) is 0 Å². The largest absolute Gasteiger partial charge is 0.390 e. The predicted molar refractivity (Wildman–Crippen MR) is 68.8 cm³/mol. The van der Waals surface area contributed by atoms with Gasteiger partial charge in [-0.25, -0.2) is 0 Å². The maximum atomic E-state index is 11.2. The second kappa shape index (κ2) is 2.61. The molecule has 8 fully saturated rings. The van der Waals surface area contributed by atoms with Gasteiger partial charge in [0.25, 0.3) is 0 Å². The molecule has 14 atom stereocenters. The van der Waals surface area contributed by atoms with E-state index in [1.165, 1.54) is 0 Å². The number of aliphatic hydroxyl groups is 4. The first kappa shape index (κ1) is 12.2. The van der Waals surface area contributed by atoms with Gasteiger partial charge in [-0.05, 0) is 25.7 Å². The smallest absolute Gasteiger partial charge is 0.170 e. The Labute approximate surface area is 127 Å². The number of rotatable bonds is 0. The van der Waals surface area contributed by atoms with Crippen LogP contribution in [0.2, 0.25) is 0 Å². The Kier molecular flexibility index (Phi) is 1.44. The maximum Gasteiger partial charge on any atom is 0.170 e. The van der Waals surface area contributed by atoms with Gasteiger partial charge in [0.15, 0.2) is 11.6 Å². The Morgan fingerprint density at radius 2 is 1.05 bits per heavy atom. The molecule has 0 aromatic rings. The van der Waals surface area contributed by atoms with Crippen molar-refractivity contribution in [2.75, 3.05) is 0 Å². The molecule has 0 radical (unpaired) electrons. The summed E-state index contributed by atoms with van der Waals surface area (Å²) >= 11 is 0. The molecular formula is C16H20O6. The zero-order chi connectivity index (χ0) is 15.2. The van der Waals surface area contributed by atoms with E-state index in [2.05, 4.69) is 0 Å². The van der Waals surface area contributed by atoms with Gasteiger partial charge in [-0.2, -0.15) is 0 Å². The summed E-state index contributed by atoms with van der Waals surface area (Å²) < 4.78 is 11.9. The SMILES string of the molecule is C[C@]1(O)O[C@H]2[C@@H](O)[C@@H]3[C@@H]4[C@@H]5[C@@H]6[C@@H](O)[C@H]7O[C@](C)(O)[C@]3([C@@H]75)[C@@]61[C@H]24. The molecule has 120 valence electrons. The molecule has 6 aliphatic carbocycles. The van der Waals surface area contributed by atoms with Crippen molar-refractivity contribution in [1.82, 2.24) is 0 Å². The molecule has 6 nitrogen and oxygen atoms in total. The molecule has 0 amide bonds. The summed E-state index contributed by atoms with van der Waals surface area (Å²) in [5.74, 6) is -2.53. The van der Waals surface area contributed by atoms with Crippen LogP contribution in [0.4, 0.5) is 0 Å². The van der Waals surface area contributed by atoms with Crippen LogP contribution >= 0.6 is 0 Å². The average Bonchev–Trinajstić information content (AvgIpc) is 3.17. The van der Waals surface area contributed by atoms with Crippen molar-refractivity contribution in [1.29, 1.82) is 0 Å². The molecule has 8 aliphatic rings. The number of hydrogen-bond donors (Lipinski definition) is 4. The molecule has 2 heterocycles. The fourth-order valence-electron chi connectivity index (χ4n) is 9.97. The first-order valence-electron chi connectivity index (χ1n) is 8.41. The molecule has 2 aliphatic heterocycles. The van der Waals surface area contributed by atoms with Crippen molar-refractivity contribution >= 4 is 0 Å². The molecule has 0 aromatic heterocycles. The van der Waals surface area contributed by atoms with Gasteiger partial charge in [-0.15, -0.1) is 0 Å². The zero-order valence-electron chi connectivity index (χ0n) is 12.4. The molecule has 0 unspecified atom stereocenters. The number of hydrogen-bond acceptors (Lipinski definition) is 6. The van der Waals surface area contributed by atoms with E-state index in [0.717, 1.165) is 0 Å². The summed E-state index contributed by atoms with van der Waals surface area (Å²) in [5.41, 5.74) is -1.38. The van der Waals surface area contributed by atoms with Crippen LogP contribution in [-0.4, -0.2) is 56.4 Å². The minimum Gasteiger partial charge on any atom is -0.390 e. The van der Waals surface area contributed by atoms with Crippen LogP contribution in [0.15, 0.2) is 0 Å². The Bertz CT molecular complexity index is 605. The third-order valence-electron chi connectivity index (χ3n) is 9.27. The van der Waals surface area contributed by atoms with E-state index in [1.807, 2.05) is 0 Å². The standard InChI is InChI=1S/C16H20O6/c1-13(19)15-5-3-4-6(10(18)11(21-13)7(4)15)16(15)8(3)12(9(5)17)22-14(16,2)20/h3-12,17-20H,1-2H3/t3-,4+,5-,6+,7+,8-,9-,10+,11-,12+,13-,14-,15-,16+/m0/s1. The van der Waals surface area contributed by atoms with Crippen molar-refractivity contribution in [2.45, 2.75) is 49.8 Å². The average molecular weight is 308 g/mol. The number of aliphatic hydroxyl groups excluding tert-OH is 2. The van der Waals surface area contributed by atoms with Gasteiger partial charge in [0, 0.05) is 34.5 Å². The topological polar surface area (TPSA) is 99.4 Å². The predicted octanol–water partition coefficient (Wildman–Crippen LogP) is -1.34. The van der Waals surface area contributed by atoms with Crippen LogP contribution < -0.4 is 0 Å². The van der Waals surface area contributed by atoms with E-state index in [-0.39, 0.29) is 47.7 Å². The summed E-state index contributed by atoms with van der Waals surface area (Å²) in [6, 6.07) is 0. The Morgan fingerprint density at radius 3 is 1.41 bits per heavy atom. The molecule has 2 spiro atoms. The lowest BCUT2D eigenvalue weighted by Gasteiger charge is -2.57. The van der Waals surface area contributed by atoms with Gasteiger partial charge < -0.3 is 29.9 Å². The van der Waals surface area contributed by atoms with Gasteiger partial charge in [0.1, 0.15) is 0 Å². The van der Waals surface area contributed by atoms with Crippen molar-refractivity contribution in [2.24, 2.45) is 46.3 Å². The van der Waals surface area contributed by atoms with Crippen LogP contribution in [0.5, 0.6) is 0 Å². The second-order valence-electron chi connectivity index (χ2n) is 9.11. The Morgan fingerprint density at radius 1 is 0.682 bits per heavy atom. The van der Waals surface area contributed by atoms with Crippen LogP contribution in [0.3, 0.4) is 0 Å². The molecule has 2 saturated heterocycles. The number of ether oxygens (including phenoxy) is 2. The fraction of sp³-hybridized carbons (Fsp3) is 1.00. The highest BCUT2D eigenvalue weighted by Crippen LogP contribution is 2.99. The third-order valence-corrected chi connectivity index (χ3v) is 9.27. The lowest BCUT2D eigenvalue weighted by molar-refractivity contribution is -0.308. The molecule has 0 aromatic carbocycles. The van der Waals surface area contributed by atoms with E-state index in [1.54, 1.807) is 13.8 Å². The normalized spacial score (nSPS) is 87.0. The summed E-state index contributed by atoms with van der Waals surface area (Å²) in [6.07, 6.45) is -2.06. The molecule has 8 rings (SSSR count). The zero-order valence-corrected chi connectivity index (χ0v) is 12.4. The minimum absolute atomic E-state index is 0.0255. The molecule has 8 bridgehead atoms. The van der Waals surface area contributed by atoms with Crippen LogP contribution in [0.1, 0.15) is 13.8 Å².